The number of ketones is 1. The van der Waals surface area contributed by atoms with Crippen LogP contribution in [-0.4, -0.2) is 152 Å². The lowest BCUT2D eigenvalue weighted by Gasteiger charge is -2.29. The molecule has 0 radical (unpaired) electrons. The van der Waals surface area contributed by atoms with Crippen molar-refractivity contribution in [2.24, 2.45) is 11.7 Å². The number of fused-ring (bicyclic) bond motifs is 1. The molecule has 10 atom stereocenters. The number of aromatic hydroxyl groups is 1. The quantitative estimate of drug-likeness (QED) is 0.0640. The first-order valence-corrected chi connectivity index (χ1v) is 28.9. The summed E-state index contributed by atoms with van der Waals surface area (Å²) in [6.07, 6.45) is -1.70. The molecule has 434 valence electrons. The number of hydrogen-bond acceptors (Lipinski definition) is 16. The van der Waals surface area contributed by atoms with E-state index in [0.717, 1.165) is 45.2 Å². The van der Waals surface area contributed by atoms with Crippen LogP contribution in [0, 0.1) is 5.92 Å². The third-order valence-electron chi connectivity index (χ3n) is 13.1. The van der Waals surface area contributed by atoms with E-state index in [1.165, 1.54) is 19.1 Å². The molecule has 7 amide bonds. The number of unbranched alkanes of at least 4 members (excludes halogenated alkanes) is 1. The van der Waals surface area contributed by atoms with Crippen molar-refractivity contribution in [2.45, 2.75) is 146 Å². The molecule has 0 spiro atoms. The van der Waals surface area contributed by atoms with E-state index in [4.69, 9.17) is 10.5 Å². The topological polar surface area (TPSA) is 354 Å². The number of nitrogens with one attached hydrogen (secondary N) is 7. The second kappa shape index (κ2) is 30.6. The molecule has 0 unspecified atom stereocenters. The van der Waals surface area contributed by atoms with E-state index < -0.39 is 126 Å². The monoisotopic (exact) mass is 1150 g/mol. The van der Waals surface area contributed by atoms with E-state index in [1.807, 2.05) is 30.3 Å². The van der Waals surface area contributed by atoms with Gasteiger partial charge in [0, 0.05) is 36.8 Å². The van der Waals surface area contributed by atoms with Crippen molar-refractivity contribution in [1.29, 1.82) is 0 Å². The van der Waals surface area contributed by atoms with Crippen molar-refractivity contribution in [2.75, 3.05) is 18.1 Å². The molecule has 1 heterocycles. The fourth-order valence-electron chi connectivity index (χ4n) is 8.78. The smallest absolute Gasteiger partial charge is 0.407 e. The number of allylic oxidation sites excluding steroid dienone is 1. The first-order chi connectivity index (χ1) is 37.9. The Hall–Kier alpha value is -6.99. The number of hydrogen-bond donors (Lipinski definition) is 12. The van der Waals surface area contributed by atoms with E-state index in [9.17, 15) is 63.6 Å². The molecule has 80 heavy (non-hydrogen) atoms. The average molecular weight is 1150 g/mol. The molecule has 1 fully saturated rings. The normalized spacial score (nSPS) is 22.2. The molecule has 1 saturated heterocycles. The standard InChI is InChI=1S/C56H74N8O14S2/c1-31(65)46-53(74)62-44(52(73)64-47(32(2)66)54(75)76)30-80-79-29-43(61-49(70)40(57)26-33-13-7-6-8-14-33)45(68)28-37(25-34-18-22-38(67)23-19-34)48(69)60-42(27-36-21-20-35-15-9-10-16-39(35)36)51(72)59-41(50(71)63-46)17-11-12-24-58-55(77)78-56(3,4)5/h6-10,13-16,18-19,21-23,31-32,37,40-44,46-47,65-67H,11-12,17,20,24-30,57H2,1-5H3,(H,58,77)(H,59,72)(H,60,69)(H,61,70)(H,62,74)(H,63,71)(H,64,73)(H,75,76)/t31-,32-,37-,40-,41+,42-,43+,44+,46+,47+/m1/s1. The maximum atomic E-state index is 15.0. The van der Waals surface area contributed by atoms with Gasteiger partial charge in [-0.3, -0.25) is 33.6 Å². The molecule has 0 bridgehead atoms. The van der Waals surface area contributed by atoms with E-state index in [2.05, 4.69) is 37.2 Å². The van der Waals surface area contributed by atoms with E-state index in [1.54, 1.807) is 63.2 Å². The highest BCUT2D eigenvalue weighted by atomic mass is 33.1. The van der Waals surface area contributed by atoms with Crippen LogP contribution in [0.15, 0.2) is 84.9 Å². The Kier molecular flexibility index (Phi) is 24.4. The average Bonchev–Trinajstić information content (AvgIpc) is 3.82. The van der Waals surface area contributed by atoms with Crippen molar-refractivity contribution in [3.05, 3.63) is 107 Å². The van der Waals surface area contributed by atoms with E-state index in [0.29, 0.717) is 17.6 Å². The Morgan fingerprint density at radius 2 is 1.43 bits per heavy atom. The van der Waals surface area contributed by atoms with Gasteiger partial charge in [0.1, 0.15) is 35.5 Å². The Morgan fingerprint density at radius 1 is 0.775 bits per heavy atom. The molecule has 2 aliphatic rings. The zero-order valence-corrected chi connectivity index (χ0v) is 47.0. The van der Waals surface area contributed by atoms with Crippen molar-refractivity contribution in [3.63, 3.8) is 0 Å². The minimum Gasteiger partial charge on any atom is -0.508 e. The van der Waals surface area contributed by atoms with Crippen LogP contribution in [0.3, 0.4) is 0 Å². The van der Waals surface area contributed by atoms with Gasteiger partial charge in [-0.1, -0.05) is 94.4 Å². The van der Waals surface area contributed by atoms with Crippen molar-refractivity contribution >= 4 is 80.4 Å². The van der Waals surface area contributed by atoms with Gasteiger partial charge in [0.2, 0.25) is 35.4 Å². The van der Waals surface area contributed by atoms with Crippen LogP contribution in [0.1, 0.15) is 89.0 Å². The zero-order chi connectivity index (χ0) is 58.7. The number of ether oxygens (including phenoxy) is 1. The summed E-state index contributed by atoms with van der Waals surface area (Å²) in [7, 11) is 1.90. The number of rotatable bonds is 18. The van der Waals surface area contributed by atoms with Gasteiger partial charge in [0.05, 0.1) is 24.3 Å². The number of aliphatic hydroxyl groups is 2. The maximum Gasteiger partial charge on any atom is 0.407 e. The first-order valence-electron chi connectivity index (χ1n) is 26.4. The lowest BCUT2D eigenvalue weighted by Crippen LogP contribution is -2.62. The number of phenolic OH excluding ortho intramolecular Hbond substituents is 1. The van der Waals surface area contributed by atoms with Crippen molar-refractivity contribution < 1.29 is 68.3 Å². The Bertz CT molecular complexity index is 2690. The van der Waals surface area contributed by atoms with Crippen LogP contribution < -0.4 is 43.0 Å². The molecule has 0 saturated carbocycles. The molecule has 13 N–H and O–H groups in total. The van der Waals surface area contributed by atoms with Gasteiger partial charge in [0.15, 0.2) is 11.8 Å². The number of phenols is 1. The van der Waals surface area contributed by atoms with E-state index in [-0.39, 0.29) is 62.3 Å². The Labute approximate surface area is 472 Å². The molecule has 5 rings (SSSR count). The summed E-state index contributed by atoms with van der Waals surface area (Å²) in [4.78, 5) is 126. The predicted octanol–water partition coefficient (Wildman–Crippen LogP) is 1.95. The van der Waals surface area contributed by atoms with Crippen LogP contribution in [-0.2, 0) is 62.4 Å². The highest BCUT2D eigenvalue weighted by Gasteiger charge is 2.38. The lowest BCUT2D eigenvalue weighted by atomic mass is 9.90. The minimum atomic E-state index is -1.83. The van der Waals surface area contributed by atoms with Crippen LogP contribution in [0.5, 0.6) is 5.75 Å². The second-order valence-electron chi connectivity index (χ2n) is 20.9. The Balaban J connectivity index is 1.57. The summed E-state index contributed by atoms with van der Waals surface area (Å²) in [5.41, 5.74) is 9.38. The third kappa shape index (κ3) is 20.3. The molecule has 3 aromatic rings. The number of amides is 7. The minimum absolute atomic E-state index is 0.0573. The largest absolute Gasteiger partial charge is 0.508 e. The van der Waals surface area contributed by atoms with Gasteiger partial charge in [-0.2, -0.15) is 0 Å². The molecule has 1 aliphatic heterocycles. The van der Waals surface area contributed by atoms with Gasteiger partial charge in [-0.25, -0.2) is 9.59 Å². The fourth-order valence-corrected chi connectivity index (χ4v) is 11.1. The molecule has 24 heteroatoms. The summed E-state index contributed by atoms with van der Waals surface area (Å²) in [6.45, 7) is 7.53. The number of carboxylic acid groups (broad SMARTS) is 1. The molecule has 0 aromatic heterocycles. The number of aliphatic hydroxyl groups excluding tert-OH is 2. The fraction of sp³-hybridized carbons (Fsp3) is 0.482. The van der Waals surface area contributed by atoms with Crippen molar-refractivity contribution in [3.8, 4) is 5.75 Å². The van der Waals surface area contributed by atoms with Gasteiger partial charge < -0.3 is 68.1 Å². The number of carbonyl (C=O) groups excluding carboxylic acids is 8. The van der Waals surface area contributed by atoms with Crippen LogP contribution in [0.25, 0.3) is 5.57 Å². The highest BCUT2D eigenvalue weighted by molar-refractivity contribution is 8.76. The number of carbonyl (C=O) groups is 9. The van der Waals surface area contributed by atoms with Crippen LogP contribution >= 0.6 is 21.6 Å². The summed E-state index contributed by atoms with van der Waals surface area (Å²) in [5.74, 6) is -9.45. The molecule has 3 aromatic carbocycles. The first kappa shape index (κ1) is 63.8. The summed E-state index contributed by atoms with van der Waals surface area (Å²) in [5, 5.41) is 59.4. The number of aliphatic carboxylic acids is 1. The summed E-state index contributed by atoms with van der Waals surface area (Å²) >= 11 is 0. The summed E-state index contributed by atoms with van der Waals surface area (Å²) < 4.78 is 5.32. The number of nitrogens with two attached hydrogens (primary N) is 1. The molecule has 22 nitrogen and oxygen atoms in total. The van der Waals surface area contributed by atoms with Gasteiger partial charge in [-0.05, 0) is 113 Å². The van der Waals surface area contributed by atoms with Crippen LogP contribution in [0.2, 0.25) is 0 Å². The maximum absolute atomic E-state index is 15.0. The number of benzene rings is 3. The highest BCUT2D eigenvalue weighted by Crippen LogP contribution is 2.31. The molecule has 1 aliphatic carbocycles. The second-order valence-corrected chi connectivity index (χ2v) is 23.4. The zero-order valence-electron chi connectivity index (χ0n) is 45.4. The SMILES string of the molecule is C[C@@H](O)[C@H](NC(=O)[C@@H]1CSSC[C@H](NC(=O)[C@H](N)Cc2ccccc2)C(=O)C[C@@H](Cc2ccc(O)cc2)C(=O)N[C@H](CC2=CCc3ccccc32)C(=O)N[C@@H](CCCCNC(=O)OC(C)(C)C)C(=O)N[C@@H]([C@@H](C)O)C(=O)N1)C(=O)O. The number of alkyl carbamates (subject to hydrolysis) is 1. The molecular weight excluding hydrogens is 1070 g/mol. The third-order valence-corrected chi connectivity index (χ3v) is 15.5. The predicted molar refractivity (Wildman–Crippen MR) is 301 cm³/mol. The lowest BCUT2D eigenvalue weighted by molar-refractivity contribution is -0.145. The van der Waals surface area contributed by atoms with Gasteiger partial charge in [-0.15, -0.1) is 0 Å². The molecular formula is C56H74N8O14S2. The van der Waals surface area contributed by atoms with E-state index >= 15 is 0 Å². The number of Topliss-reactive ketones (excluding diaryl/α,β-unsaturated/α-hetero) is 1. The number of carboxylic acids is 1. The van der Waals surface area contributed by atoms with Crippen molar-refractivity contribution in [1.82, 2.24) is 37.2 Å². The van der Waals surface area contributed by atoms with Gasteiger partial charge in [0.25, 0.3) is 0 Å². The van der Waals surface area contributed by atoms with Crippen LogP contribution in [0.4, 0.5) is 4.79 Å². The van der Waals surface area contributed by atoms with Gasteiger partial charge >= 0.3 is 12.1 Å². The Morgan fingerprint density at radius 3 is 2.09 bits per heavy atom. The summed E-state index contributed by atoms with van der Waals surface area (Å²) in [6, 6.07) is 11.8.